The topological polar surface area (TPSA) is 26.0 Å². The molecule has 0 heterocycles. The zero-order valence-electron chi connectivity index (χ0n) is 9.54. The molecule has 0 aliphatic carbocycles. The molecule has 0 spiro atoms. The van der Waals surface area contributed by atoms with Crippen LogP contribution in [0.1, 0.15) is 37.3 Å². The number of hydrogen-bond donors (Lipinski definition) is 1. The van der Waals surface area contributed by atoms with Gasteiger partial charge in [0.15, 0.2) is 0 Å². The fourth-order valence-electron chi connectivity index (χ4n) is 1.91. The molecule has 0 radical (unpaired) electrons. The van der Waals surface area contributed by atoms with Crippen LogP contribution in [0.2, 0.25) is 0 Å². The maximum atomic E-state index is 13.0. The molecule has 2 N–H and O–H groups in total. The smallest absolute Gasteiger partial charge is 0.101 e. The van der Waals surface area contributed by atoms with Crippen LogP contribution < -0.4 is 5.73 Å². The third-order valence-corrected chi connectivity index (χ3v) is 2.69. The lowest BCUT2D eigenvalue weighted by Crippen LogP contribution is -2.08. The number of halogens is 1. The van der Waals surface area contributed by atoms with E-state index in [-0.39, 0.29) is 0 Å². The lowest BCUT2D eigenvalue weighted by atomic mass is 9.91. The number of hydrogen-bond acceptors (Lipinski definition) is 1. The van der Waals surface area contributed by atoms with Crippen molar-refractivity contribution >= 4 is 0 Å². The Morgan fingerprint density at radius 3 is 2.53 bits per heavy atom. The molecule has 0 saturated heterocycles. The molecule has 2 atom stereocenters. The van der Waals surface area contributed by atoms with Gasteiger partial charge in [-0.2, -0.15) is 0 Å². The Labute approximate surface area is 91.5 Å². The minimum atomic E-state index is -0.781. The highest BCUT2D eigenvalue weighted by atomic mass is 19.1. The van der Waals surface area contributed by atoms with Crippen LogP contribution in [-0.4, -0.2) is 12.7 Å². The van der Waals surface area contributed by atoms with Crippen molar-refractivity contribution in [2.24, 2.45) is 5.73 Å². The molecule has 1 aromatic rings. The van der Waals surface area contributed by atoms with Crippen LogP contribution in [-0.2, 0) is 6.42 Å². The van der Waals surface area contributed by atoms with Gasteiger partial charge in [0, 0.05) is 6.42 Å². The molecule has 0 fully saturated rings. The van der Waals surface area contributed by atoms with E-state index in [1.165, 1.54) is 5.56 Å². The SMILES string of the molecule is CC(F)Cc1ccccc1C(C)CCN. The maximum Gasteiger partial charge on any atom is 0.101 e. The first-order chi connectivity index (χ1) is 7.15. The van der Waals surface area contributed by atoms with E-state index in [0.29, 0.717) is 18.9 Å². The van der Waals surface area contributed by atoms with Crippen LogP contribution in [0.5, 0.6) is 0 Å². The van der Waals surface area contributed by atoms with E-state index in [9.17, 15) is 4.39 Å². The summed E-state index contributed by atoms with van der Waals surface area (Å²) >= 11 is 0. The molecular formula is C13H20FN. The second kappa shape index (κ2) is 5.86. The normalized spacial score (nSPS) is 14.9. The van der Waals surface area contributed by atoms with E-state index in [1.807, 2.05) is 18.2 Å². The predicted molar refractivity (Wildman–Crippen MR) is 62.8 cm³/mol. The Kier molecular flexibility index (Phi) is 4.76. The minimum absolute atomic E-state index is 0.421. The van der Waals surface area contributed by atoms with Gasteiger partial charge in [0.05, 0.1) is 0 Å². The molecule has 15 heavy (non-hydrogen) atoms. The summed E-state index contributed by atoms with van der Waals surface area (Å²) in [4.78, 5) is 0. The first kappa shape index (κ1) is 12.2. The van der Waals surface area contributed by atoms with Gasteiger partial charge in [-0.1, -0.05) is 31.2 Å². The highest BCUT2D eigenvalue weighted by Gasteiger charge is 2.11. The number of benzene rings is 1. The summed E-state index contributed by atoms with van der Waals surface area (Å²) in [6.07, 6.45) is 0.680. The first-order valence-electron chi connectivity index (χ1n) is 5.57. The van der Waals surface area contributed by atoms with Crippen LogP contribution in [0.4, 0.5) is 4.39 Å². The highest BCUT2D eigenvalue weighted by Crippen LogP contribution is 2.23. The van der Waals surface area contributed by atoms with E-state index in [4.69, 9.17) is 5.73 Å². The fraction of sp³-hybridized carbons (Fsp3) is 0.538. The third-order valence-electron chi connectivity index (χ3n) is 2.69. The Balaban J connectivity index is 2.85. The van der Waals surface area contributed by atoms with Crippen molar-refractivity contribution < 1.29 is 4.39 Å². The van der Waals surface area contributed by atoms with Gasteiger partial charge in [-0.25, -0.2) is 4.39 Å². The zero-order chi connectivity index (χ0) is 11.3. The largest absolute Gasteiger partial charge is 0.330 e. The average molecular weight is 209 g/mol. The Morgan fingerprint density at radius 2 is 1.93 bits per heavy atom. The predicted octanol–water partition coefficient (Wildman–Crippen LogP) is 3.04. The van der Waals surface area contributed by atoms with Crippen LogP contribution in [0.3, 0.4) is 0 Å². The van der Waals surface area contributed by atoms with Crippen molar-refractivity contribution in [2.75, 3.05) is 6.54 Å². The van der Waals surface area contributed by atoms with Crippen molar-refractivity contribution in [3.63, 3.8) is 0 Å². The summed E-state index contributed by atoms with van der Waals surface area (Å²) in [6, 6.07) is 8.07. The second-order valence-electron chi connectivity index (χ2n) is 4.16. The molecule has 84 valence electrons. The Morgan fingerprint density at radius 1 is 1.27 bits per heavy atom. The van der Waals surface area contributed by atoms with Gasteiger partial charge in [-0.15, -0.1) is 0 Å². The van der Waals surface area contributed by atoms with Gasteiger partial charge >= 0.3 is 0 Å². The van der Waals surface area contributed by atoms with E-state index < -0.39 is 6.17 Å². The summed E-state index contributed by atoms with van der Waals surface area (Å²) in [5.41, 5.74) is 7.91. The lowest BCUT2D eigenvalue weighted by molar-refractivity contribution is 0.359. The van der Waals surface area contributed by atoms with Crippen LogP contribution in [0.15, 0.2) is 24.3 Å². The molecule has 0 saturated carbocycles. The summed E-state index contributed by atoms with van der Waals surface area (Å²) < 4.78 is 13.0. The molecule has 1 aromatic carbocycles. The lowest BCUT2D eigenvalue weighted by Gasteiger charge is -2.16. The standard InChI is InChI=1S/C13H20FN/c1-10(7-8-15)13-6-4-3-5-12(13)9-11(2)14/h3-6,10-11H,7-9,15H2,1-2H3. The summed E-state index contributed by atoms with van der Waals surface area (Å²) in [5.74, 6) is 0.421. The van der Waals surface area contributed by atoms with E-state index in [1.54, 1.807) is 6.92 Å². The van der Waals surface area contributed by atoms with E-state index in [2.05, 4.69) is 13.0 Å². The van der Waals surface area contributed by atoms with E-state index in [0.717, 1.165) is 12.0 Å². The molecule has 2 unspecified atom stereocenters. The van der Waals surface area contributed by atoms with Crippen LogP contribution in [0, 0.1) is 0 Å². The Bertz CT molecular complexity index is 296. The van der Waals surface area contributed by atoms with Gasteiger partial charge in [0.25, 0.3) is 0 Å². The minimum Gasteiger partial charge on any atom is -0.330 e. The maximum absolute atomic E-state index is 13.0. The molecule has 2 heteroatoms. The van der Waals surface area contributed by atoms with Gasteiger partial charge in [-0.05, 0) is 36.9 Å². The van der Waals surface area contributed by atoms with Crippen molar-refractivity contribution in [3.05, 3.63) is 35.4 Å². The summed E-state index contributed by atoms with van der Waals surface area (Å²) in [6.45, 7) is 4.43. The first-order valence-corrected chi connectivity index (χ1v) is 5.57. The summed E-state index contributed by atoms with van der Waals surface area (Å²) in [7, 11) is 0. The third kappa shape index (κ3) is 3.63. The van der Waals surface area contributed by atoms with E-state index >= 15 is 0 Å². The zero-order valence-corrected chi connectivity index (χ0v) is 9.54. The number of nitrogens with two attached hydrogens (primary N) is 1. The monoisotopic (exact) mass is 209 g/mol. The van der Waals surface area contributed by atoms with Crippen molar-refractivity contribution in [3.8, 4) is 0 Å². The molecule has 0 amide bonds. The van der Waals surface area contributed by atoms with Crippen LogP contribution >= 0.6 is 0 Å². The van der Waals surface area contributed by atoms with Crippen molar-refractivity contribution in [1.29, 1.82) is 0 Å². The van der Waals surface area contributed by atoms with Crippen molar-refractivity contribution in [1.82, 2.24) is 0 Å². The number of rotatable bonds is 5. The quantitative estimate of drug-likeness (QED) is 0.792. The molecule has 1 rings (SSSR count). The summed E-state index contributed by atoms with van der Waals surface area (Å²) in [5, 5.41) is 0. The van der Waals surface area contributed by atoms with Gasteiger partial charge < -0.3 is 5.73 Å². The Hall–Kier alpha value is -0.890. The molecule has 0 bridgehead atoms. The number of alkyl halides is 1. The molecule has 0 aliphatic rings. The molecule has 0 aromatic heterocycles. The molecule has 1 nitrogen and oxygen atoms in total. The fourth-order valence-corrected chi connectivity index (χ4v) is 1.91. The average Bonchev–Trinajstić information content (AvgIpc) is 2.18. The molecule has 0 aliphatic heterocycles. The second-order valence-corrected chi connectivity index (χ2v) is 4.16. The van der Waals surface area contributed by atoms with Gasteiger partial charge in [0.2, 0.25) is 0 Å². The van der Waals surface area contributed by atoms with Gasteiger partial charge in [-0.3, -0.25) is 0 Å². The molecular weight excluding hydrogens is 189 g/mol. The van der Waals surface area contributed by atoms with Crippen molar-refractivity contribution in [2.45, 2.75) is 38.8 Å². The van der Waals surface area contributed by atoms with Crippen LogP contribution in [0.25, 0.3) is 0 Å². The highest BCUT2D eigenvalue weighted by molar-refractivity contribution is 5.30. The van der Waals surface area contributed by atoms with Gasteiger partial charge in [0.1, 0.15) is 6.17 Å².